The van der Waals surface area contributed by atoms with E-state index in [2.05, 4.69) is 24.7 Å². The molecule has 1 heterocycles. The summed E-state index contributed by atoms with van der Waals surface area (Å²) >= 11 is 0. The molecule has 0 atom stereocenters. The standard InChI is InChI=1S/C12H24N2OSi/c1-5-12(10-11(2)15)13-14-8-6-7-9-16(14,3)4/h5-10H2,1-4H3. The maximum atomic E-state index is 11.1. The van der Waals surface area contributed by atoms with Crippen LogP contribution in [-0.2, 0) is 4.79 Å². The van der Waals surface area contributed by atoms with Gasteiger partial charge in [0.15, 0.2) is 8.24 Å². The number of hydrogen-bond donors (Lipinski definition) is 0. The van der Waals surface area contributed by atoms with E-state index in [-0.39, 0.29) is 5.78 Å². The highest BCUT2D eigenvalue weighted by molar-refractivity contribution is 6.74. The normalized spacial score (nSPS) is 21.0. The topological polar surface area (TPSA) is 32.7 Å². The second kappa shape index (κ2) is 5.62. The van der Waals surface area contributed by atoms with E-state index in [4.69, 9.17) is 5.10 Å². The highest BCUT2D eigenvalue weighted by atomic mass is 28.3. The lowest BCUT2D eigenvalue weighted by Gasteiger charge is -2.39. The number of hydrogen-bond acceptors (Lipinski definition) is 3. The van der Waals surface area contributed by atoms with E-state index < -0.39 is 8.24 Å². The minimum absolute atomic E-state index is 0.220. The van der Waals surface area contributed by atoms with Crippen molar-refractivity contribution in [3.8, 4) is 0 Å². The van der Waals surface area contributed by atoms with Crippen molar-refractivity contribution < 1.29 is 4.79 Å². The number of carbonyl (C=O) groups is 1. The van der Waals surface area contributed by atoms with Gasteiger partial charge in [0.1, 0.15) is 5.78 Å². The molecule has 0 saturated carbocycles. The van der Waals surface area contributed by atoms with Crippen LogP contribution in [0.2, 0.25) is 19.1 Å². The van der Waals surface area contributed by atoms with E-state index in [0.29, 0.717) is 6.42 Å². The van der Waals surface area contributed by atoms with Crippen molar-refractivity contribution in [3.05, 3.63) is 0 Å². The first-order chi connectivity index (χ1) is 7.45. The van der Waals surface area contributed by atoms with Crippen LogP contribution < -0.4 is 0 Å². The fraction of sp³-hybridized carbons (Fsp3) is 0.833. The Morgan fingerprint density at radius 1 is 1.38 bits per heavy atom. The van der Waals surface area contributed by atoms with Gasteiger partial charge >= 0.3 is 0 Å². The molecule has 0 aliphatic carbocycles. The third-order valence-corrected chi connectivity index (χ3v) is 6.53. The van der Waals surface area contributed by atoms with Crippen molar-refractivity contribution in [2.24, 2.45) is 5.10 Å². The van der Waals surface area contributed by atoms with Crippen molar-refractivity contribution in [1.29, 1.82) is 0 Å². The van der Waals surface area contributed by atoms with Gasteiger partial charge in [-0.1, -0.05) is 26.4 Å². The number of carbonyl (C=O) groups excluding carboxylic acids is 1. The summed E-state index contributed by atoms with van der Waals surface area (Å²) in [7, 11) is -1.32. The second-order valence-electron chi connectivity index (χ2n) is 5.29. The molecule has 1 aliphatic rings. The molecule has 0 N–H and O–H groups in total. The van der Waals surface area contributed by atoms with Crippen LogP contribution >= 0.6 is 0 Å². The summed E-state index contributed by atoms with van der Waals surface area (Å²) in [5, 5.41) is 4.74. The Morgan fingerprint density at radius 3 is 2.56 bits per heavy atom. The predicted octanol–water partition coefficient (Wildman–Crippen LogP) is 3.03. The van der Waals surface area contributed by atoms with Crippen LogP contribution in [-0.4, -0.2) is 30.9 Å². The molecule has 0 aromatic carbocycles. The Labute approximate surface area is 100.0 Å². The number of ketones is 1. The van der Waals surface area contributed by atoms with E-state index in [1.807, 2.05) is 0 Å². The number of nitrogens with zero attached hydrogens (tertiary/aromatic N) is 2. The first-order valence-electron chi connectivity index (χ1n) is 6.29. The molecular formula is C12H24N2OSi. The van der Waals surface area contributed by atoms with E-state index in [0.717, 1.165) is 18.7 Å². The Morgan fingerprint density at radius 2 is 2.06 bits per heavy atom. The summed E-state index contributed by atoms with van der Waals surface area (Å²) in [6.07, 6.45) is 4.01. The van der Waals surface area contributed by atoms with Gasteiger partial charge in [-0.3, -0.25) is 4.79 Å². The molecule has 0 aromatic heterocycles. The van der Waals surface area contributed by atoms with Gasteiger partial charge in [-0.15, -0.1) is 0 Å². The SMILES string of the molecule is CCC(CC(C)=O)=NN1CCCC[Si]1(C)C. The average molecular weight is 240 g/mol. The van der Waals surface area contributed by atoms with Crippen molar-refractivity contribution in [3.63, 3.8) is 0 Å². The molecule has 4 heteroatoms. The number of hydrazone groups is 1. The monoisotopic (exact) mass is 240 g/mol. The van der Waals surface area contributed by atoms with Gasteiger partial charge in [0, 0.05) is 18.7 Å². The Kier molecular flexibility index (Phi) is 4.71. The fourth-order valence-corrected chi connectivity index (χ4v) is 4.67. The van der Waals surface area contributed by atoms with Crippen molar-refractivity contribution in [1.82, 2.24) is 4.67 Å². The lowest BCUT2D eigenvalue weighted by molar-refractivity contribution is -0.115. The summed E-state index contributed by atoms with van der Waals surface area (Å²) in [6.45, 7) is 9.55. The zero-order valence-electron chi connectivity index (χ0n) is 11.0. The number of Topliss-reactive ketones (excluding diaryl/α,β-unsaturated/α-hetero) is 1. The molecule has 92 valence electrons. The lowest BCUT2D eigenvalue weighted by atomic mass is 10.2. The first kappa shape index (κ1) is 13.4. The van der Waals surface area contributed by atoms with Gasteiger partial charge < -0.3 is 4.67 Å². The molecule has 1 saturated heterocycles. The highest BCUT2D eigenvalue weighted by Crippen LogP contribution is 2.25. The maximum Gasteiger partial charge on any atom is 0.172 e. The van der Waals surface area contributed by atoms with Crippen molar-refractivity contribution in [2.75, 3.05) is 6.54 Å². The molecule has 0 amide bonds. The second-order valence-corrected chi connectivity index (χ2v) is 9.93. The van der Waals surface area contributed by atoms with Crippen LogP contribution in [0.5, 0.6) is 0 Å². The molecule has 0 unspecified atom stereocenters. The average Bonchev–Trinajstić information content (AvgIpc) is 2.19. The largest absolute Gasteiger partial charge is 0.324 e. The van der Waals surface area contributed by atoms with Gasteiger partial charge in [-0.05, 0) is 25.8 Å². The molecule has 0 aromatic rings. The van der Waals surface area contributed by atoms with Crippen LogP contribution in [0, 0.1) is 0 Å². The molecule has 3 nitrogen and oxygen atoms in total. The molecule has 16 heavy (non-hydrogen) atoms. The van der Waals surface area contributed by atoms with E-state index in [9.17, 15) is 4.79 Å². The molecule has 1 aliphatic heterocycles. The summed E-state index contributed by atoms with van der Waals surface area (Å²) in [4.78, 5) is 11.1. The Balaban J connectivity index is 2.73. The third-order valence-electron chi connectivity index (χ3n) is 3.23. The van der Waals surface area contributed by atoms with Gasteiger partial charge in [-0.25, -0.2) is 0 Å². The Bertz CT molecular complexity index is 287. The predicted molar refractivity (Wildman–Crippen MR) is 71.3 cm³/mol. The van der Waals surface area contributed by atoms with Gasteiger partial charge in [0.25, 0.3) is 0 Å². The lowest BCUT2D eigenvalue weighted by Crippen LogP contribution is -2.48. The summed E-state index contributed by atoms with van der Waals surface area (Å²) in [5.74, 6) is 0.220. The number of rotatable bonds is 4. The van der Waals surface area contributed by atoms with Crippen LogP contribution in [0.4, 0.5) is 0 Å². The zero-order valence-corrected chi connectivity index (χ0v) is 12.0. The third kappa shape index (κ3) is 3.74. The summed E-state index contributed by atoms with van der Waals surface area (Å²) in [6, 6.07) is 1.33. The maximum absolute atomic E-state index is 11.1. The molecule has 0 bridgehead atoms. The summed E-state index contributed by atoms with van der Waals surface area (Å²) in [5.41, 5.74) is 1.05. The molecular weight excluding hydrogens is 216 g/mol. The first-order valence-corrected chi connectivity index (χ1v) is 9.44. The van der Waals surface area contributed by atoms with E-state index in [1.165, 1.54) is 18.9 Å². The Hall–Kier alpha value is -0.643. The molecule has 1 rings (SSSR count). The van der Waals surface area contributed by atoms with E-state index >= 15 is 0 Å². The van der Waals surface area contributed by atoms with Crippen molar-refractivity contribution in [2.45, 2.75) is 58.7 Å². The molecule has 0 radical (unpaired) electrons. The zero-order chi connectivity index (χ0) is 12.2. The van der Waals surface area contributed by atoms with Gasteiger partial charge in [-0.2, -0.15) is 5.10 Å². The smallest absolute Gasteiger partial charge is 0.172 e. The van der Waals surface area contributed by atoms with Crippen LogP contribution in [0.25, 0.3) is 0 Å². The minimum Gasteiger partial charge on any atom is -0.324 e. The van der Waals surface area contributed by atoms with Crippen LogP contribution in [0.15, 0.2) is 5.10 Å². The van der Waals surface area contributed by atoms with Crippen LogP contribution in [0.3, 0.4) is 0 Å². The quantitative estimate of drug-likeness (QED) is 0.559. The fourth-order valence-electron chi connectivity index (χ4n) is 2.13. The molecule has 0 spiro atoms. The highest BCUT2D eigenvalue weighted by Gasteiger charge is 2.31. The van der Waals surface area contributed by atoms with E-state index in [1.54, 1.807) is 6.92 Å². The van der Waals surface area contributed by atoms with Gasteiger partial charge in [0.05, 0.1) is 0 Å². The van der Waals surface area contributed by atoms with Crippen LogP contribution in [0.1, 0.15) is 39.5 Å². The summed E-state index contributed by atoms with van der Waals surface area (Å²) < 4.78 is 2.32. The molecule has 1 fully saturated rings. The van der Waals surface area contributed by atoms with Gasteiger partial charge in [0.2, 0.25) is 0 Å². The minimum atomic E-state index is -1.32. The van der Waals surface area contributed by atoms with Crippen molar-refractivity contribution >= 4 is 19.7 Å².